The van der Waals surface area contributed by atoms with Gasteiger partial charge in [0.05, 0.1) is 6.10 Å². The van der Waals surface area contributed by atoms with Crippen LogP contribution >= 0.6 is 0 Å². The van der Waals surface area contributed by atoms with Gasteiger partial charge in [-0.15, -0.1) is 0 Å². The van der Waals surface area contributed by atoms with Gasteiger partial charge in [0.2, 0.25) is 0 Å². The lowest BCUT2D eigenvalue weighted by atomic mass is 9.76. The lowest BCUT2D eigenvalue weighted by Crippen LogP contribution is -2.48. The van der Waals surface area contributed by atoms with E-state index in [1.54, 1.807) is 6.20 Å². The van der Waals surface area contributed by atoms with Gasteiger partial charge in [0.15, 0.2) is 0 Å². The Balaban J connectivity index is 1.48. The molecule has 2 aliphatic rings. The van der Waals surface area contributed by atoms with Gasteiger partial charge < -0.3 is 15.0 Å². The standard InChI is InChI=1S/C19H23N3O2/c23-16-10-13(11-16)17(12-14-4-1-2-8-20-14)21-19(24)18-5-3-9-22(18)15-6-7-15/h1-5,8-9,13,15-17,23H,6-7,10-12H2,(H,21,24). The second-order valence-electron chi connectivity index (χ2n) is 7.02. The first-order chi connectivity index (χ1) is 11.7. The molecule has 2 N–H and O–H groups in total. The highest BCUT2D eigenvalue weighted by Gasteiger charge is 2.36. The molecule has 0 saturated heterocycles. The number of aliphatic hydroxyl groups is 1. The van der Waals surface area contributed by atoms with E-state index in [9.17, 15) is 9.90 Å². The molecule has 4 rings (SSSR count). The Labute approximate surface area is 141 Å². The van der Waals surface area contributed by atoms with E-state index in [4.69, 9.17) is 0 Å². The van der Waals surface area contributed by atoms with Crippen molar-refractivity contribution in [3.05, 3.63) is 54.1 Å². The van der Waals surface area contributed by atoms with Gasteiger partial charge in [-0.2, -0.15) is 0 Å². The van der Waals surface area contributed by atoms with Gasteiger partial charge in [-0.3, -0.25) is 9.78 Å². The maximum absolute atomic E-state index is 12.8. The highest BCUT2D eigenvalue weighted by atomic mass is 16.3. The van der Waals surface area contributed by atoms with Gasteiger partial charge in [0.25, 0.3) is 5.91 Å². The fraction of sp³-hybridized carbons (Fsp3) is 0.474. The van der Waals surface area contributed by atoms with Crippen molar-refractivity contribution in [2.24, 2.45) is 5.92 Å². The van der Waals surface area contributed by atoms with Gasteiger partial charge in [-0.25, -0.2) is 0 Å². The summed E-state index contributed by atoms with van der Waals surface area (Å²) in [6.45, 7) is 0. The third-order valence-electron chi connectivity index (χ3n) is 5.14. The van der Waals surface area contributed by atoms with Crippen molar-refractivity contribution in [2.45, 2.75) is 50.3 Å². The number of carbonyl (C=O) groups is 1. The molecule has 2 saturated carbocycles. The number of carbonyl (C=O) groups excluding carboxylic acids is 1. The summed E-state index contributed by atoms with van der Waals surface area (Å²) >= 11 is 0. The van der Waals surface area contributed by atoms with Crippen LogP contribution in [0.5, 0.6) is 0 Å². The number of hydrogen-bond donors (Lipinski definition) is 2. The number of pyridine rings is 1. The SMILES string of the molecule is O=C(NC(Cc1ccccn1)C1CC(O)C1)c1cccn1C1CC1. The van der Waals surface area contributed by atoms with Crippen LogP contribution in [-0.4, -0.2) is 32.7 Å². The van der Waals surface area contributed by atoms with Crippen molar-refractivity contribution in [1.82, 2.24) is 14.9 Å². The molecule has 126 valence electrons. The minimum Gasteiger partial charge on any atom is -0.393 e. The molecule has 2 aromatic heterocycles. The molecule has 5 heteroatoms. The second-order valence-corrected chi connectivity index (χ2v) is 7.02. The zero-order chi connectivity index (χ0) is 16.5. The van der Waals surface area contributed by atoms with E-state index in [1.807, 2.05) is 36.5 Å². The number of nitrogens with one attached hydrogen (secondary N) is 1. The minimum atomic E-state index is -0.228. The smallest absolute Gasteiger partial charge is 0.268 e. The summed E-state index contributed by atoms with van der Waals surface area (Å²) in [4.78, 5) is 17.2. The van der Waals surface area contributed by atoms with Crippen LogP contribution in [0.15, 0.2) is 42.7 Å². The fourth-order valence-corrected chi connectivity index (χ4v) is 3.54. The first kappa shape index (κ1) is 15.4. The van der Waals surface area contributed by atoms with Crippen LogP contribution in [0.1, 0.15) is 47.9 Å². The highest BCUT2D eigenvalue weighted by Crippen LogP contribution is 2.36. The van der Waals surface area contributed by atoms with Crippen LogP contribution in [0.4, 0.5) is 0 Å². The summed E-state index contributed by atoms with van der Waals surface area (Å²) in [5.74, 6) is 0.296. The quantitative estimate of drug-likeness (QED) is 0.856. The van der Waals surface area contributed by atoms with E-state index in [2.05, 4.69) is 14.9 Å². The molecule has 0 spiro atoms. The van der Waals surface area contributed by atoms with Gasteiger partial charge in [-0.05, 0) is 55.9 Å². The number of aromatic nitrogens is 2. The molecule has 0 bridgehead atoms. The Kier molecular flexibility index (Phi) is 4.10. The highest BCUT2D eigenvalue weighted by molar-refractivity contribution is 5.93. The van der Waals surface area contributed by atoms with E-state index >= 15 is 0 Å². The molecule has 1 atom stereocenters. The van der Waals surface area contributed by atoms with Crippen LogP contribution in [0.3, 0.4) is 0 Å². The molecular weight excluding hydrogens is 302 g/mol. The molecule has 0 aromatic carbocycles. The van der Waals surface area contributed by atoms with Gasteiger partial charge >= 0.3 is 0 Å². The predicted octanol–water partition coefficient (Wildman–Crippen LogP) is 2.33. The van der Waals surface area contributed by atoms with E-state index < -0.39 is 0 Å². The lowest BCUT2D eigenvalue weighted by Gasteiger charge is -2.38. The topological polar surface area (TPSA) is 67.2 Å². The fourth-order valence-electron chi connectivity index (χ4n) is 3.54. The van der Waals surface area contributed by atoms with Crippen LogP contribution in [0.2, 0.25) is 0 Å². The van der Waals surface area contributed by atoms with Gasteiger partial charge in [-0.1, -0.05) is 6.07 Å². The van der Waals surface area contributed by atoms with E-state index in [1.165, 1.54) is 0 Å². The Morgan fingerprint density at radius 1 is 1.29 bits per heavy atom. The molecule has 2 aliphatic carbocycles. The predicted molar refractivity (Wildman–Crippen MR) is 90.6 cm³/mol. The molecule has 1 amide bonds. The molecule has 1 unspecified atom stereocenters. The molecule has 24 heavy (non-hydrogen) atoms. The van der Waals surface area contributed by atoms with E-state index in [0.717, 1.165) is 37.1 Å². The number of amides is 1. The summed E-state index contributed by atoms with van der Waals surface area (Å²) in [5, 5.41) is 12.8. The summed E-state index contributed by atoms with van der Waals surface area (Å²) in [6, 6.07) is 10.2. The monoisotopic (exact) mass is 325 g/mol. The Bertz CT molecular complexity index is 702. The zero-order valence-electron chi connectivity index (χ0n) is 13.6. The largest absolute Gasteiger partial charge is 0.393 e. The molecule has 2 heterocycles. The molecule has 5 nitrogen and oxygen atoms in total. The maximum Gasteiger partial charge on any atom is 0.268 e. The van der Waals surface area contributed by atoms with Crippen LogP contribution < -0.4 is 5.32 Å². The number of rotatable bonds is 6. The molecule has 0 aliphatic heterocycles. The average Bonchev–Trinajstić information content (AvgIpc) is 3.29. The van der Waals surface area contributed by atoms with Crippen molar-refractivity contribution in [3.63, 3.8) is 0 Å². The van der Waals surface area contributed by atoms with Gasteiger partial charge in [0.1, 0.15) is 5.69 Å². The van der Waals surface area contributed by atoms with E-state index in [-0.39, 0.29) is 18.1 Å². The summed E-state index contributed by atoms with van der Waals surface area (Å²) < 4.78 is 2.09. The molecule has 0 radical (unpaired) electrons. The Morgan fingerprint density at radius 2 is 2.12 bits per heavy atom. The zero-order valence-corrected chi connectivity index (χ0v) is 13.6. The van der Waals surface area contributed by atoms with E-state index in [0.29, 0.717) is 18.4 Å². The van der Waals surface area contributed by atoms with Crippen LogP contribution in [0.25, 0.3) is 0 Å². The first-order valence-corrected chi connectivity index (χ1v) is 8.76. The normalized spacial score (nSPS) is 24.2. The summed E-state index contributed by atoms with van der Waals surface area (Å²) in [6.07, 6.45) is 8.06. The van der Waals surface area contributed by atoms with Crippen molar-refractivity contribution < 1.29 is 9.90 Å². The average molecular weight is 325 g/mol. The molecular formula is C19H23N3O2. The van der Waals surface area contributed by atoms with Crippen molar-refractivity contribution in [3.8, 4) is 0 Å². The first-order valence-electron chi connectivity index (χ1n) is 8.76. The molecule has 2 fully saturated rings. The van der Waals surface area contributed by atoms with Crippen molar-refractivity contribution in [1.29, 1.82) is 0 Å². The summed E-state index contributed by atoms with van der Waals surface area (Å²) in [5.41, 5.74) is 1.71. The van der Waals surface area contributed by atoms with Crippen molar-refractivity contribution >= 4 is 5.91 Å². The maximum atomic E-state index is 12.8. The third-order valence-corrected chi connectivity index (χ3v) is 5.14. The number of aliphatic hydroxyl groups excluding tert-OH is 1. The number of hydrogen-bond acceptors (Lipinski definition) is 3. The minimum absolute atomic E-state index is 0.0124. The molecule has 2 aromatic rings. The third kappa shape index (κ3) is 3.22. The van der Waals surface area contributed by atoms with Crippen molar-refractivity contribution in [2.75, 3.05) is 0 Å². The Hall–Kier alpha value is -2.14. The Morgan fingerprint density at radius 3 is 2.79 bits per heavy atom. The second kappa shape index (κ2) is 6.40. The van der Waals surface area contributed by atoms with Crippen LogP contribution in [0, 0.1) is 5.92 Å². The lowest BCUT2D eigenvalue weighted by molar-refractivity contribution is 0.0237. The summed E-state index contributed by atoms with van der Waals surface area (Å²) in [7, 11) is 0. The van der Waals surface area contributed by atoms with Gasteiger partial charge in [0, 0.05) is 36.6 Å². The van der Waals surface area contributed by atoms with Crippen LogP contribution in [-0.2, 0) is 6.42 Å². The number of nitrogens with zero attached hydrogens (tertiary/aromatic N) is 2.